The standard InChI is InChI=1S/C18H19NO2/c1-18(21)12-16(15-10-6-3-7-11-15)19(17(18)20)13-14-8-4-2-5-9-14/h2-11,16,21H,12-13H2,1H3/t16-,18-/m0/s1. The van der Waals surface area contributed by atoms with E-state index in [1.807, 2.05) is 60.7 Å². The number of carbonyl (C=O) groups is 1. The van der Waals surface area contributed by atoms with E-state index in [1.165, 1.54) is 0 Å². The highest BCUT2D eigenvalue weighted by molar-refractivity contribution is 5.87. The molecule has 0 spiro atoms. The Labute approximate surface area is 124 Å². The molecule has 0 unspecified atom stereocenters. The van der Waals surface area contributed by atoms with Crippen LogP contribution in [0.5, 0.6) is 0 Å². The zero-order valence-corrected chi connectivity index (χ0v) is 12.1. The third-order valence-corrected chi connectivity index (χ3v) is 4.07. The Morgan fingerprint density at radius 2 is 1.67 bits per heavy atom. The molecule has 3 rings (SSSR count). The summed E-state index contributed by atoms with van der Waals surface area (Å²) in [6, 6.07) is 19.7. The Balaban J connectivity index is 1.92. The number of amides is 1. The molecule has 1 aliphatic rings. The van der Waals surface area contributed by atoms with Gasteiger partial charge in [-0.25, -0.2) is 0 Å². The third-order valence-electron chi connectivity index (χ3n) is 4.07. The molecule has 0 aliphatic carbocycles. The van der Waals surface area contributed by atoms with Gasteiger partial charge in [0.1, 0.15) is 5.60 Å². The van der Waals surface area contributed by atoms with Crippen molar-refractivity contribution in [1.29, 1.82) is 0 Å². The Morgan fingerprint density at radius 3 is 2.29 bits per heavy atom. The van der Waals surface area contributed by atoms with Crippen molar-refractivity contribution in [2.75, 3.05) is 0 Å². The second kappa shape index (κ2) is 5.34. The number of hydrogen-bond acceptors (Lipinski definition) is 2. The molecule has 1 fully saturated rings. The lowest BCUT2D eigenvalue weighted by molar-refractivity contribution is -0.142. The van der Waals surface area contributed by atoms with Gasteiger partial charge in [0.15, 0.2) is 0 Å². The maximum Gasteiger partial charge on any atom is 0.255 e. The van der Waals surface area contributed by atoms with Crippen molar-refractivity contribution < 1.29 is 9.90 Å². The Morgan fingerprint density at radius 1 is 1.10 bits per heavy atom. The molecule has 3 heteroatoms. The Hall–Kier alpha value is -2.13. The summed E-state index contributed by atoms with van der Waals surface area (Å²) in [5, 5.41) is 10.4. The average Bonchev–Trinajstić information content (AvgIpc) is 2.73. The fourth-order valence-corrected chi connectivity index (χ4v) is 2.96. The van der Waals surface area contributed by atoms with Crippen LogP contribution in [-0.2, 0) is 11.3 Å². The summed E-state index contributed by atoms with van der Waals surface area (Å²) in [6.45, 7) is 2.13. The minimum absolute atomic E-state index is 0.0751. The van der Waals surface area contributed by atoms with E-state index in [0.29, 0.717) is 13.0 Å². The quantitative estimate of drug-likeness (QED) is 0.939. The van der Waals surface area contributed by atoms with Gasteiger partial charge in [0, 0.05) is 13.0 Å². The van der Waals surface area contributed by atoms with Crippen molar-refractivity contribution in [1.82, 2.24) is 4.90 Å². The average molecular weight is 281 g/mol. The van der Waals surface area contributed by atoms with E-state index in [0.717, 1.165) is 11.1 Å². The van der Waals surface area contributed by atoms with Crippen LogP contribution < -0.4 is 0 Å². The van der Waals surface area contributed by atoms with Crippen molar-refractivity contribution >= 4 is 5.91 Å². The van der Waals surface area contributed by atoms with Gasteiger partial charge in [-0.05, 0) is 18.1 Å². The molecule has 108 valence electrons. The lowest BCUT2D eigenvalue weighted by Crippen LogP contribution is -2.37. The third kappa shape index (κ3) is 2.69. The maximum absolute atomic E-state index is 12.5. The van der Waals surface area contributed by atoms with E-state index < -0.39 is 5.60 Å². The molecule has 1 aliphatic heterocycles. The summed E-state index contributed by atoms with van der Waals surface area (Å²) < 4.78 is 0. The van der Waals surface area contributed by atoms with Crippen LogP contribution in [0, 0.1) is 0 Å². The van der Waals surface area contributed by atoms with Gasteiger partial charge in [-0.3, -0.25) is 4.79 Å². The highest BCUT2D eigenvalue weighted by atomic mass is 16.3. The molecule has 2 aromatic carbocycles. The van der Waals surface area contributed by atoms with Crippen molar-refractivity contribution in [2.24, 2.45) is 0 Å². The lowest BCUT2D eigenvalue weighted by atomic mass is 9.98. The molecule has 1 N–H and O–H groups in total. The lowest BCUT2D eigenvalue weighted by Gasteiger charge is -2.25. The van der Waals surface area contributed by atoms with Gasteiger partial charge in [0.05, 0.1) is 6.04 Å². The number of rotatable bonds is 3. The molecule has 0 aromatic heterocycles. The predicted octanol–water partition coefficient (Wildman–Crippen LogP) is 2.91. The molecular formula is C18H19NO2. The Kier molecular flexibility index (Phi) is 3.52. The minimum atomic E-state index is -1.28. The molecular weight excluding hydrogens is 262 g/mol. The first-order chi connectivity index (χ1) is 10.1. The van der Waals surface area contributed by atoms with E-state index in [1.54, 1.807) is 11.8 Å². The fraction of sp³-hybridized carbons (Fsp3) is 0.278. The zero-order valence-electron chi connectivity index (χ0n) is 12.1. The van der Waals surface area contributed by atoms with Crippen LogP contribution in [-0.4, -0.2) is 21.5 Å². The maximum atomic E-state index is 12.5. The molecule has 0 radical (unpaired) electrons. The summed E-state index contributed by atoms with van der Waals surface area (Å²) in [5.74, 6) is -0.194. The van der Waals surface area contributed by atoms with E-state index in [2.05, 4.69) is 0 Å². The van der Waals surface area contributed by atoms with E-state index >= 15 is 0 Å². The van der Waals surface area contributed by atoms with Crippen LogP contribution >= 0.6 is 0 Å². The number of hydrogen-bond donors (Lipinski definition) is 1. The first kappa shape index (κ1) is 13.8. The Bertz CT molecular complexity index is 622. The predicted molar refractivity (Wildman–Crippen MR) is 81.4 cm³/mol. The van der Waals surface area contributed by atoms with Gasteiger partial charge >= 0.3 is 0 Å². The first-order valence-electron chi connectivity index (χ1n) is 7.20. The largest absolute Gasteiger partial charge is 0.380 e. The van der Waals surface area contributed by atoms with Crippen LogP contribution in [0.15, 0.2) is 60.7 Å². The summed E-state index contributed by atoms with van der Waals surface area (Å²) >= 11 is 0. The second-order valence-corrected chi connectivity index (χ2v) is 5.82. The van der Waals surface area contributed by atoms with Gasteiger partial charge in [-0.15, -0.1) is 0 Å². The van der Waals surface area contributed by atoms with E-state index in [-0.39, 0.29) is 11.9 Å². The molecule has 0 saturated carbocycles. The number of aliphatic hydroxyl groups is 1. The van der Waals surface area contributed by atoms with Crippen molar-refractivity contribution in [2.45, 2.75) is 31.5 Å². The van der Waals surface area contributed by atoms with Gasteiger partial charge in [0.2, 0.25) is 0 Å². The highest BCUT2D eigenvalue weighted by Crippen LogP contribution is 2.39. The molecule has 3 nitrogen and oxygen atoms in total. The number of likely N-dealkylation sites (tertiary alicyclic amines) is 1. The van der Waals surface area contributed by atoms with Gasteiger partial charge < -0.3 is 10.0 Å². The monoisotopic (exact) mass is 281 g/mol. The fourth-order valence-electron chi connectivity index (χ4n) is 2.96. The van der Waals surface area contributed by atoms with Crippen LogP contribution in [0.1, 0.15) is 30.5 Å². The first-order valence-corrected chi connectivity index (χ1v) is 7.20. The van der Waals surface area contributed by atoms with Crippen LogP contribution in [0.25, 0.3) is 0 Å². The molecule has 1 saturated heterocycles. The van der Waals surface area contributed by atoms with Crippen molar-refractivity contribution in [3.63, 3.8) is 0 Å². The van der Waals surface area contributed by atoms with Crippen LogP contribution in [0.4, 0.5) is 0 Å². The summed E-state index contributed by atoms with van der Waals surface area (Å²) in [6.07, 6.45) is 0.433. The summed E-state index contributed by atoms with van der Waals surface area (Å²) in [7, 11) is 0. The molecule has 1 amide bonds. The minimum Gasteiger partial charge on any atom is -0.380 e. The molecule has 0 bridgehead atoms. The van der Waals surface area contributed by atoms with Gasteiger partial charge in [-0.2, -0.15) is 0 Å². The molecule has 1 heterocycles. The van der Waals surface area contributed by atoms with Crippen molar-refractivity contribution in [3.8, 4) is 0 Å². The van der Waals surface area contributed by atoms with Gasteiger partial charge in [-0.1, -0.05) is 60.7 Å². The highest BCUT2D eigenvalue weighted by Gasteiger charge is 2.47. The van der Waals surface area contributed by atoms with Gasteiger partial charge in [0.25, 0.3) is 5.91 Å². The second-order valence-electron chi connectivity index (χ2n) is 5.82. The topological polar surface area (TPSA) is 40.5 Å². The molecule has 2 atom stereocenters. The SMILES string of the molecule is C[C@]1(O)C[C@@H](c2ccccc2)N(Cc2ccccc2)C1=O. The van der Waals surface area contributed by atoms with E-state index in [9.17, 15) is 9.90 Å². The van der Waals surface area contributed by atoms with Crippen LogP contribution in [0.3, 0.4) is 0 Å². The smallest absolute Gasteiger partial charge is 0.255 e. The number of benzene rings is 2. The number of carbonyl (C=O) groups excluding carboxylic acids is 1. The molecule has 21 heavy (non-hydrogen) atoms. The molecule has 2 aromatic rings. The van der Waals surface area contributed by atoms with E-state index in [4.69, 9.17) is 0 Å². The normalized spacial score (nSPS) is 25.3. The summed E-state index contributed by atoms with van der Waals surface area (Å²) in [4.78, 5) is 14.3. The zero-order chi connectivity index (χ0) is 14.9. The van der Waals surface area contributed by atoms with Crippen LogP contribution in [0.2, 0.25) is 0 Å². The summed E-state index contributed by atoms with van der Waals surface area (Å²) in [5.41, 5.74) is 0.860. The van der Waals surface area contributed by atoms with Crippen molar-refractivity contribution in [3.05, 3.63) is 71.8 Å². The number of nitrogens with zero attached hydrogens (tertiary/aromatic N) is 1.